The summed E-state index contributed by atoms with van der Waals surface area (Å²) in [6, 6.07) is 3.32. The van der Waals surface area contributed by atoms with Crippen molar-refractivity contribution >= 4 is 27.9 Å². The fourth-order valence-corrected chi connectivity index (χ4v) is 1.16. The molecule has 0 bridgehead atoms. The van der Waals surface area contributed by atoms with Crippen LogP contribution in [0.15, 0.2) is 18.3 Å². The summed E-state index contributed by atoms with van der Waals surface area (Å²) >= 11 is 5.64. The summed E-state index contributed by atoms with van der Waals surface area (Å²) in [6.45, 7) is 0. The molecule has 5 heteroatoms. The van der Waals surface area contributed by atoms with E-state index < -0.39 is 0 Å². The van der Waals surface area contributed by atoms with Crippen molar-refractivity contribution in [2.24, 2.45) is 0 Å². The Balaban J connectivity index is 3.03. The van der Waals surface area contributed by atoms with Gasteiger partial charge in [0.15, 0.2) is 0 Å². The molecule has 0 fully saturated rings. The zero-order valence-electron chi connectivity index (χ0n) is 5.97. The van der Waals surface area contributed by atoms with Crippen molar-refractivity contribution in [3.8, 4) is 0 Å². The van der Waals surface area contributed by atoms with E-state index in [-0.39, 0.29) is 11.1 Å². The topological polar surface area (TPSA) is 42.0 Å². The van der Waals surface area contributed by atoms with Gasteiger partial charge in [-0.3, -0.25) is 4.79 Å². The molecule has 0 aliphatic carbocycles. The molecule has 58 valence electrons. The van der Waals surface area contributed by atoms with Gasteiger partial charge in [-0.25, -0.2) is 4.98 Å². The van der Waals surface area contributed by atoms with Gasteiger partial charge in [-0.1, -0.05) is 11.6 Å². The van der Waals surface area contributed by atoms with Crippen LogP contribution in [0.5, 0.6) is 0 Å². The molecule has 0 saturated heterocycles. The maximum atomic E-state index is 11.0. The highest BCUT2D eigenvalue weighted by Crippen LogP contribution is 2.10. The molecule has 11 heavy (non-hydrogen) atoms. The Labute approximate surface area is 72.3 Å². The number of rotatable bonds is 1. The van der Waals surface area contributed by atoms with Crippen molar-refractivity contribution in [3.05, 3.63) is 29.0 Å². The fourth-order valence-electron chi connectivity index (χ4n) is 0.690. The number of carbonyl (C=O) groups excluding carboxylic acids is 1. The minimum absolute atomic E-state index is 0.158. The summed E-state index contributed by atoms with van der Waals surface area (Å²) in [5.41, 5.74) is 0.434. The minimum Gasteiger partial charge on any atom is -0.387 e. The third-order valence-corrected chi connectivity index (χ3v) is 1.99. The first-order valence-electron chi connectivity index (χ1n) is 3.08. The lowest BCUT2D eigenvalue weighted by atomic mass is 10.3. The standard InChI is InChI=1S/C6H7ClN2OSi/c7-5-4(6(10)9-11)2-1-3-8-5/h1-3H,11H3,(H,9,10). The lowest BCUT2D eigenvalue weighted by Crippen LogP contribution is -2.20. The van der Waals surface area contributed by atoms with Crippen LogP contribution in [0.2, 0.25) is 5.15 Å². The van der Waals surface area contributed by atoms with E-state index in [1.165, 1.54) is 0 Å². The Bertz CT molecular complexity index is 279. The highest BCUT2D eigenvalue weighted by molar-refractivity contribution is 6.33. The SMILES string of the molecule is O=C(N[SiH3])c1cccnc1Cl. The van der Waals surface area contributed by atoms with Gasteiger partial charge < -0.3 is 4.98 Å². The summed E-state index contributed by atoms with van der Waals surface area (Å²) in [4.78, 5) is 17.4. The third-order valence-electron chi connectivity index (χ3n) is 1.23. The van der Waals surface area contributed by atoms with Crippen LogP contribution in [0.1, 0.15) is 10.4 Å². The van der Waals surface area contributed by atoms with Gasteiger partial charge in [0.05, 0.1) is 5.56 Å². The molecule has 1 aromatic rings. The van der Waals surface area contributed by atoms with E-state index in [1.807, 2.05) is 0 Å². The maximum absolute atomic E-state index is 11.0. The molecule has 0 aromatic carbocycles. The Kier molecular flexibility index (Phi) is 2.62. The molecular weight excluding hydrogens is 180 g/mol. The molecule has 1 aromatic heterocycles. The van der Waals surface area contributed by atoms with E-state index >= 15 is 0 Å². The molecule has 0 atom stereocenters. The van der Waals surface area contributed by atoms with Crippen molar-refractivity contribution in [2.75, 3.05) is 0 Å². The highest BCUT2D eigenvalue weighted by atomic mass is 35.5. The highest BCUT2D eigenvalue weighted by Gasteiger charge is 2.06. The quantitative estimate of drug-likeness (QED) is 0.486. The molecule has 0 saturated carbocycles. The Morgan fingerprint density at radius 2 is 2.45 bits per heavy atom. The molecule has 1 amide bonds. The second-order valence-corrected chi connectivity index (χ2v) is 2.78. The van der Waals surface area contributed by atoms with Gasteiger partial charge >= 0.3 is 0 Å². The number of pyridine rings is 1. The molecule has 0 spiro atoms. The third kappa shape index (κ3) is 1.78. The lowest BCUT2D eigenvalue weighted by Gasteiger charge is -1.99. The van der Waals surface area contributed by atoms with Crippen LogP contribution < -0.4 is 4.98 Å². The summed E-state index contributed by atoms with van der Waals surface area (Å²) in [6.07, 6.45) is 1.55. The summed E-state index contributed by atoms with van der Waals surface area (Å²) in [5, 5.41) is 0.251. The van der Waals surface area contributed by atoms with Crippen LogP contribution in [0.3, 0.4) is 0 Å². The number of aromatic nitrogens is 1. The Morgan fingerprint density at radius 1 is 1.73 bits per heavy atom. The maximum Gasteiger partial charge on any atom is 0.245 e. The monoisotopic (exact) mass is 186 g/mol. The van der Waals surface area contributed by atoms with E-state index in [4.69, 9.17) is 11.6 Å². The van der Waals surface area contributed by atoms with Gasteiger partial charge in [-0.2, -0.15) is 0 Å². The summed E-state index contributed by atoms with van der Waals surface area (Å²) < 4.78 is 0. The second kappa shape index (κ2) is 3.50. The van der Waals surface area contributed by atoms with Gasteiger partial charge in [0.1, 0.15) is 15.6 Å². The number of nitrogens with zero attached hydrogens (tertiary/aromatic N) is 1. The molecule has 3 nitrogen and oxygen atoms in total. The zero-order valence-corrected chi connectivity index (χ0v) is 8.72. The van der Waals surface area contributed by atoms with Crippen LogP contribution in [0.4, 0.5) is 0 Å². The number of hydrogen-bond donors (Lipinski definition) is 1. The number of nitrogens with one attached hydrogen (secondary N) is 1. The van der Waals surface area contributed by atoms with Crippen LogP contribution in [0, 0.1) is 0 Å². The predicted octanol–water partition coefficient (Wildman–Crippen LogP) is -0.255. The number of carbonyl (C=O) groups is 1. The Hall–Kier alpha value is -0.873. The molecule has 1 heterocycles. The van der Waals surface area contributed by atoms with E-state index in [1.54, 1.807) is 18.3 Å². The van der Waals surface area contributed by atoms with Gasteiger partial charge in [-0.05, 0) is 12.1 Å². The van der Waals surface area contributed by atoms with Gasteiger partial charge in [-0.15, -0.1) is 0 Å². The van der Waals surface area contributed by atoms with Crippen LogP contribution >= 0.6 is 11.6 Å². The minimum atomic E-state index is -0.158. The summed E-state index contributed by atoms with van der Waals surface area (Å²) in [5.74, 6) is -0.158. The van der Waals surface area contributed by atoms with Gasteiger partial charge in [0.25, 0.3) is 0 Å². The number of hydrogen-bond acceptors (Lipinski definition) is 2. The normalized spacial score (nSPS) is 9.55. The molecule has 0 unspecified atom stereocenters. The first-order chi connectivity index (χ1) is 5.25. The Morgan fingerprint density at radius 3 is 3.00 bits per heavy atom. The van der Waals surface area contributed by atoms with Crippen molar-refractivity contribution in [2.45, 2.75) is 0 Å². The molecule has 0 radical (unpaired) electrons. The van der Waals surface area contributed by atoms with Crippen molar-refractivity contribution in [1.82, 2.24) is 9.97 Å². The predicted molar refractivity (Wildman–Crippen MR) is 46.7 cm³/mol. The van der Waals surface area contributed by atoms with E-state index in [9.17, 15) is 4.79 Å². The molecular formula is C6H7ClN2OSi. The first kappa shape index (κ1) is 8.23. The number of amides is 1. The van der Waals surface area contributed by atoms with E-state index in [2.05, 4.69) is 9.97 Å². The van der Waals surface area contributed by atoms with Crippen molar-refractivity contribution in [1.29, 1.82) is 0 Å². The van der Waals surface area contributed by atoms with E-state index in [0.717, 1.165) is 0 Å². The summed E-state index contributed by atoms with van der Waals surface area (Å²) in [7, 11) is 0.620. The van der Waals surface area contributed by atoms with Crippen LogP contribution in [-0.4, -0.2) is 21.3 Å². The smallest absolute Gasteiger partial charge is 0.245 e. The van der Waals surface area contributed by atoms with E-state index in [0.29, 0.717) is 16.0 Å². The fraction of sp³-hybridized carbons (Fsp3) is 0. The van der Waals surface area contributed by atoms with Crippen molar-refractivity contribution < 1.29 is 4.79 Å². The second-order valence-electron chi connectivity index (χ2n) is 1.92. The van der Waals surface area contributed by atoms with Crippen molar-refractivity contribution in [3.63, 3.8) is 0 Å². The van der Waals surface area contributed by atoms with Crippen LogP contribution in [0.25, 0.3) is 0 Å². The lowest BCUT2D eigenvalue weighted by molar-refractivity contribution is 0.0981. The first-order valence-corrected chi connectivity index (χ1v) is 4.46. The van der Waals surface area contributed by atoms with Gasteiger partial charge in [0, 0.05) is 6.20 Å². The molecule has 1 rings (SSSR count). The largest absolute Gasteiger partial charge is 0.387 e. The van der Waals surface area contributed by atoms with Crippen LogP contribution in [-0.2, 0) is 0 Å². The number of halogens is 1. The zero-order chi connectivity index (χ0) is 8.27. The average molecular weight is 187 g/mol. The molecule has 0 aliphatic rings. The molecule has 0 aliphatic heterocycles. The molecule has 1 N–H and O–H groups in total. The van der Waals surface area contributed by atoms with Gasteiger partial charge in [0.2, 0.25) is 5.91 Å². The average Bonchev–Trinajstić information content (AvgIpc) is 2.04.